The van der Waals surface area contributed by atoms with Crippen molar-refractivity contribution in [2.45, 2.75) is 6.92 Å². The zero-order valence-corrected chi connectivity index (χ0v) is 23.8. The molecule has 0 spiro atoms. The Morgan fingerprint density at radius 2 is 1.75 bits per heavy atom. The van der Waals surface area contributed by atoms with E-state index in [9.17, 15) is 9.59 Å². The highest BCUT2D eigenvalue weighted by molar-refractivity contribution is 9.10. The Kier molecular flexibility index (Phi) is 8.00. The topological polar surface area (TPSA) is 92.8 Å². The number of carbonyl (C=O) groups excluding carboxylic acids is 2. The summed E-state index contributed by atoms with van der Waals surface area (Å²) in [5.41, 5.74) is 6.64. The molecule has 0 atom stereocenters. The summed E-state index contributed by atoms with van der Waals surface area (Å²) >= 11 is 10.2. The fraction of sp³-hybridized carbons (Fsp3) is 0.0645. The van der Waals surface area contributed by atoms with Crippen LogP contribution in [-0.2, 0) is 0 Å². The van der Waals surface area contributed by atoms with Gasteiger partial charge in [0.1, 0.15) is 17.2 Å². The fourth-order valence-electron chi connectivity index (χ4n) is 4.34. The Balaban J connectivity index is 1.46. The SMILES string of the molecule is COc1ccc(Br)c2c(-c3ccccc3Cl)c(C(=O)NN=Cc3ccccc3OC(=O)c3cccc(C)c3)[nH]c12. The third-order valence-corrected chi connectivity index (χ3v) is 7.19. The Morgan fingerprint density at radius 1 is 0.975 bits per heavy atom. The first-order valence-electron chi connectivity index (χ1n) is 12.2. The molecular formula is C31H23BrClN3O4. The fourth-order valence-corrected chi connectivity index (χ4v) is 5.10. The van der Waals surface area contributed by atoms with Crippen molar-refractivity contribution in [3.63, 3.8) is 0 Å². The summed E-state index contributed by atoms with van der Waals surface area (Å²) in [6.45, 7) is 1.90. The van der Waals surface area contributed by atoms with E-state index in [4.69, 9.17) is 21.1 Å². The van der Waals surface area contributed by atoms with Crippen LogP contribution in [0.5, 0.6) is 11.5 Å². The number of fused-ring (bicyclic) bond motifs is 1. The number of esters is 1. The molecule has 4 aromatic carbocycles. The molecule has 5 aromatic rings. The van der Waals surface area contributed by atoms with Gasteiger partial charge >= 0.3 is 5.97 Å². The standard InChI is InChI=1S/C31H23BrClN3O4/c1-18-8-7-10-19(16-18)31(38)40-24-13-6-3-9-20(24)17-34-36-30(37)29-26(21-11-4-5-12-23(21)33)27-22(32)14-15-25(39-2)28(27)35-29/h3-17,35H,1-2H3,(H,36,37). The largest absolute Gasteiger partial charge is 0.495 e. The summed E-state index contributed by atoms with van der Waals surface area (Å²) in [7, 11) is 1.56. The summed E-state index contributed by atoms with van der Waals surface area (Å²) in [6.07, 6.45) is 1.42. The minimum atomic E-state index is -0.495. The third kappa shape index (κ3) is 5.50. The second kappa shape index (κ2) is 11.8. The molecule has 0 aliphatic heterocycles. The van der Waals surface area contributed by atoms with E-state index in [1.807, 2.05) is 37.3 Å². The maximum absolute atomic E-state index is 13.5. The van der Waals surface area contributed by atoms with Gasteiger partial charge in [0.15, 0.2) is 0 Å². The van der Waals surface area contributed by atoms with E-state index in [1.54, 1.807) is 61.7 Å². The molecule has 0 aliphatic rings. The number of H-pyrrole nitrogens is 1. The smallest absolute Gasteiger partial charge is 0.343 e. The molecule has 0 aliphatic carbocycles. The Morgan fingerprint density at radius 3 is 2.52 bits per heavy atom. The van der Waals surface area contributed by atoms with Crippen molar-refractivity contribution in [2.24, 2.45) is 5.10 Å². The van der Waals surface area contributed by atoms with Gasteiger partial charge in [-0.2, -0.15) is 5.10 Å². The van der Waals surface area contributed by atoms with Crippen molar-refractivity contribution in [1.82, 2.24) is 10.4 Å². The molecule has 1 amide bonds. The molecule has 9 heteroatoms. The highest BCUT2D eigenvalue weighted by atomic mass is 79.9. The molecule has 1 aromatic heterocycles. The minimum absolute atomic E-state index is 0.254. The summed E-state index contributed by atoms with van der Waals surface area (Å²) in [6, 6.07) is 25.0. The van der Waals surface area contributed by atoms with Crippen LogP contribution in [-0.4, -0.2) is 30.2 Å². The van der Waals surface area contributed by atoms with Crippen LogP contribution in [0.25, 0.3) is 22.0 Å². The lowest BCUT2D eigenvalue weighted by atomic mass is 10.0. The minimum Gasteiger partial charge on any atom is -0.495 e. The number of aromatic nitrogens is 1. The van der Waals surface area contributed by atoms with E-state index in [2.05, 4.69) is 31.4 Å². The number of rotatable bonds is 7. The van der Waals surface area contributed by atoms with Crippen LogP contribution in [0.1, 0.15) is 32.0 Å². The number of ether oxygens (including phenoxy) is 2. The van der Waals surface area contributed by atoms with Gasteiger partial charge in [0.05, 0.1) is 24.4 Å². The van der Waals surface area contributed by atoms with Crippen LogP contribution < -0.4 is 14.9 Å². The summed E-state index contributed by atoms with van der Waals surface area (Å²) in [4.78, 5) is 29.3. The molecule has 7 nitrogen and oxygen atoms in total. The molecule has 1 heterocycles. The van der Waals surface area contributed by atoms with Crippen LogP contribution in [0.2, 0.25) is 5.02 Å². The third-order valence-electron chi connectivity index (χ3n) is 6.20. The van der Waals surface area contributed by atoms with E-state index < -0.39 is 11.9 Å². The first-order chi connectivity index (χ1) is 19.4. The zero-order valence-electron chi connectivity index (χ0n) is 21.5. The van der Waals surface area contributed by atoms with Gasteiger partial charge in [-0.05, 0) is 49.4 Å². The van der Waals surface area contributed by atoms with Gasteiger partial charge in [0.25, 0.3) is 5.91 Å². The number of nitrogens with one attached hydrogen (secondary N) is 2. The number of hydrazone groups is 1. The van der Waals surface area contributed by atoms with Crippen molar-refractivity contribution < 1.29 is 19.1 Å². The van der Waals surface area contributed by atoms with Gasteiger partial charge in [-0.25, -0.2) is 10.2 Å². The first kappa shape index (κ1) is 27.2. The molecule has 0 radical (unpaired) electrons. The maximum atomic E-state index is 13.5. The molecule has 0 unspecified atom stereocenters. The monoisotopic (exact) mass is 615 g/mol. The highest BCUT2D eigenvalue weighted by Gasteiger charge is 2.24. The number of benzene rings is 4. The summed E-state index contributed by atoms with van der Waals surface area (Å²) in [5.74, 6) is -0.109. The molecule has 2 N–H and O–H groups in total. The van der Waals surface area contributed by atoms with Crippen molar-refractivity contribution in [2.75, 3.05) is 7.11 Å². The Hall–Kier alpha value is -4.40. The number of aryl methyl sites for hydroxylation is 1. The predicted molar refractivity (Wildman–Crippen MR) is 161 cm³/mol. The lowest BCUT2D eigenvalue weighted by Crippen LogP contribution is -2.19. The number of nitrogens with zero attached hydrogens (tertiary/aromatic N) is 1. The number of carbonyl (C=O) groups is 2. The van der Waals surface area contributed by atoms with Gasteiger partial charge in [0, 0.05) is 31.6 Å². The van der Waals surface area contributed by atoms with Crippen LogP contribution in [0, 0.1) is 6.92 Å². The van der Waals surface area contributed by atoms with Gasteiger partial charge in [-0.15, -0.1) is 0 Å². The number of hydrogen-bond donors (Lipinski definition) is 2. The van der Waals surface area contributed by atoms with Crippen molar-refractivity contribution in [3.8, 4) is 22.6 Å². The average molecular weight is 617 g/mol. The quantitative estimate of drug-likeness (QED) is 0.0855. The molecule has 0 fully saturated rings. The van der Waals surface area contributed by atoms with Crippen LogP contribution in [0.3, 0.4) is 0 Å². The molecular weight excluding hydrogens is 594 g/mol. The molecule has 40 heavy (non-hydrogen) atoms. The van der Waals surface area contributed by atoms with Crippen molar-refractivity contribution >= 4 is 56.5 Å². The molecule has 0 bridgehead atoms. The second-order valence-electron chi connectivity index (χ2n) is 8.85. The van der Waals surface area contributed by atoms with Gasteiger partial charge < -0.3 is 14.5 Å². The summed E-state index contributed by atoms with van der Waals surface area (Å²) in [5, 5.41) is 5.38. The number of amides is 1. The Labute approximate surface area is 243 Å². The number of para-hydroxylation sites is 1. The zero-order chi connectivity index (χ0) is 28.2. The molecule has 5 rings (SSSR count). The molecule has 200 valence electrons. The van der Waals surface area contributed by atoms with Gasteiger partial charge in [0.2, 0.25) is 0 Å². The highest BCUT2D eigenvalue weighted by Crippen LogP contribution is 2.42. The number of halogens is 2. The Bertz CT molecular complexity index is 1780. The van der Waals surface area contributed by atoms with E-state index in [1.165, 1.54) is 6.21 Å². The van der Waals surface area contributed by atoms with Crippen LogP contribution >= 0.6 is 27.5 Å². The number of hydrogen-bond acceptors (Lipinski definition) is 5. The van der Waals surface area contributed by atoms with Gasteiger partial charge in [-0.1, -0.05) is 75.6 Å². The van der Waals surface area contributed by atoms with Crippen LogP contribution in [0.15, 0.2) is 94.5 Å². The number of methoxy groups -OCH3 is 1. The van der Waals surface area contributed by atoms with Crippen molar-refractivity contribution in [1.29, 1.82) is 0 Å². The van der Waals surface area contributed by atoms with Gasteiger partial charge in [-0.3, -0.25) is 4.79 Å². The predicted octanol–water partition coefficient (Wildman–Crippen LogP) is 7.55. The second-order valence-corrected chi connectivity index (χ2v) is 10.1. The first-order valence-corrected chi connectivity index (χ1v) is 13.4. The molecule has 0 saturated heterocycles. The number of aromatic amines is 1. The lowest BCUT2D eigenvalue weighted by molar-refractivity contribution is 0.0734. The van der Waals surface area contributed by atoms with E-state index in [0.29, 0.717) is 44.3 Å². The lowest BCUT2D eigenvalue weighted by Gasteiger charge is -2.09. The van der Waals surface area contributed by atoms with E-state index in [-0.39, 0.29) is 5.69 Å². The van der Waals surface area contributed by atoms with E-state index >= 15 is 0 Å². The average Bonchev–Trinajstić information content (AvgIpc) is 3.36. The van der Waals surface area contributed by atoms with E-state index in [0.717, 1.165) is 15.4 Å². The molecule has 0 saturated carbocycles. The van der Waals surface area contributed by atoms with Crippen molar-refractivity contribution in [3.05, 3.63) is 117 Å². The maximum Gasteiger partial charge on any atom is 0.343 e. The van der Waals surface area contributed by atoms with Crippen LogP contribution in [0.4, 0.5) is 0 Å². The summed E-state index contributed by atoms with van der Waals surface area (Å²) < 4.78 is 11.9. The normalized spacial score (nSPS) is 11.1.